The Labute approximate surface area is 264 Å². The second-order valence-corrected chi connectivity index (χ2v) is 11.3. The van der Waals surface area contributed by atoms with Crippen molar-refractivity contribution in [2.75, 3.05) is 25.2 Å². The van der Waals surface area contributed by atoms with E-state index < -0.39 is 0 Å². The molecule has 0 saturated heterocycles. The maximum Gasteiger partial charge on any atom is 0.276 e. The molecular formula is C34H32IN3O5. The van der Waals surface area contributed by atoms with E-state index in [1.807, 2.05) is 66.7 Å². The molecule has 4 aromatic rings. The molecule has 0 aromatic heterocycles. The summed E-state index contributed by atoms with van der Waals surface area (Å²) in [5, 5.41) is 15.0. The summed E-state index contributed by atoms with van der Waals surface area (Å²) in [5.41, 5.74) is 5.52. The minimum Gasteiger partial charge on any atom is -0.351 e. The van der Waals surface area contributed by atoms with Crippen molar-refractivity contribution < 1.29 is 19.2 Å². The first kappa shape index (κ1) is 30.6. The number of ether oxygens (including phenoxy) is 2. The topological polar surface area (TPSA) is 93.9 Å². The summed E-state index contributed by atoms with van der Waals surface area (Å²) in [5.74, 6) is -0.255. The van der Waals surface area contributed by atoms with E-state index in [1.54, 1.807) is 18.2 Å². The molecule has 220 valence electrons. The molecule has 0 radical (unpaired) electrons. The third kappa shape index (κ3) is 8.14. The van der Waals surface area contributed by atoms with Gasteiger partial charge in [0.2, 0.25) is 0 Å². The summed E-state index contributed by atoms with van der Waals surface area (Å²) in [7, 11) is 0. The van der Waals surface area contributed by atoms with E-state index >= 15 is 0 Å². The van der Waals surface area contributed by atoms with Gasteiger partial charge in [-0.15, -0.1) is 0 Å². The predicted octanol–water partition coefficient (Wildman–Crippen LogP) is 7.19. The molecule has 0 atom stereocenters. The van der Waals surface area contributed by atoms with Gasteiger partial charge in [0.05, 0.1) is 29.4 Å². The van der Waals surface area contributed by atoms with Crippen molar-refractivity contribution >= 4 is 45.4 Å². The second-order valence-electron chi connectivity index (χ2n) is 10.2. The molecule has 5 rings (SSSR count). The summed E-state index contributed by atoms with van der Waals surface area (Å²) < 4.78 is 12.2. The van der Waals surface area contributed by atoms with Gasteiger partial charge in [-0.25, -0.2) is 0 Å². The van der Waals surface area contributed by atoms with Gasteiger partial charge in [0.15, 0.2) is 0 Å². The van der Waals surface area contributed by atoms with Crippen LogP contribution in [0.1, 0.15) is 28.7 Å². The van der Waals surface area contributed by atoms with Crippen molar-refractivity contribution in [1.29, 1.82) is 0 Å². The number of anilines is 1. The third-order valence-corrected chi connectivity index (χ3v) is 8.51. The Bertz CT molecular complexity index is 1590. The number of benzene rings is 4. The minimum absolute atomic E-state index is 0.00688. The van der Waals surface area contributed by atoms with Crippen LogP contribution in [0.5, 0.6) is 0 Å². The Morgan fingerprint density at radius 2 is 1.53 bits per heavy atom. The number of halogens is 1. The van der Waals surface area contributed by atoms with E-state index in [9.17, 15) is 14.9 Å². The molecule has 0 unspecified atom stereocenters. The van der Waals surface area contributed by atoms with E-state index in [2.05, 4.69) is 44.9 Å². The van der Waals surface area contributed by atoms with Crippen LogP contribution >= 0.6 is 22.6 Å². The number of para-hydroxylation sites is 1. The monoisotopic (exact) mass is 689 g/mol. The van der Waals surface area contributed by atoms with E-state index in [1.165, 1.54) is 6.07 Å². The summed E-state index contributed by atoms with van der Waals surface area (Å²) in [6.07, 6.45) is 0.470. The van der Waals surface area contributed by atoms with Gasteiger partial charge in [-0.1, -0.05) is 84.9 Å². The number of carbonyl (C=O) groups is 1. The number of hydrogen-bond donors (Lipinski definition) is 1. The van der Waals surface area contributed by atoms with Crippen molar-refractivity contribution in [1.82, 2.24) is 4.90 Å². The van der Waals surface area contributed by atoms with Crippen LogP contribution in [0.15, 0.2) is 109 Å². The van der Waals surface area contributed by atoms with Crippen LogP contribution in [0.4, 0.5) is 11.4 Å². The number of rotatable bonds is 12. The fraction of sp³-hybridized carbons (Fsp3) is 0.206. The molecular weight excluding hydrogens is 657 g/mol. The van der Waals surface area contributed by atoms with Gasteiger partial charge in [0, 0.05) is 34.8 Å². The van der Waals surface area contributed by atoms with Crippen molar-refractivity contribution in [3.63, 3.8) is 0 Å². The van der Waals surface area contributed by atoms with Crippen LogP contribution in [-0.4, -0.2) is 35.6 Å². The zero-order chi connectivity index (χ0) is 30.0. The highest BCUT2D eigenvalue weighted by atomic mass is 127. The molecule has 0 bridgehead atoms. The largest absolute Gasteiger partial charge is 0.351 e. The van der Waals surface area contributed by atoms with Crippen molar-refractivity contribution in [3.8, 4) is 0 Å². The molecule has 1 amide bonds. The average molecular weight is 690 g/mol. The van der Waals surface area contributed by atoms with Crippen molar-refractivity contribution in [2.45, 2.75) is 26.2 Å². The Hall–Kier alpha value is -3.90. The Morgan fingerprint density at radius 1 is 0.860 bits per heavy atom. The minimum atomic E-state index is -0.385. The number of nitro benzene ring substituents is 1. The highest BCUT2D eigenvalue weighted by Gasteiger charge is 2.29. The molecule has 1 N–H and O–H groups in total. The predicted molar refractivity (Wildman–Crippen MR) is 175 cm³/mol. The zero-order valence-corrected chi connectivity index (χ0v) is 25.7. The lowest BCUT2D eigenvalue weighted by Crippen LogP contribution is -2.34. The quantitative estimate of drug-likeness (QED) is 0.0557. The molecule has 1 aliphatic rings. The molecule has 4 aromatic carbocycles. The van der Waals surface area contributed by atoms with Gasteiger partial charge < -0.3 is 14.8 Å². The average Bonchev–Trinajstić information content (AvgIpc) is 3.03. The molecule has 43 heavy (non-hydrogen) atoms. The van der Waals surface area contributed by atoms with E-state index in [-0.39, 0.29) is 23.3 Å². The molecule has 1 heterocycles. The third-order valence-electron chi connectivity index (χ3n) is 7.24. The van der Waals surface area contributed by atoms with Crippen LogP contribution in [0.2, 0.25) is 0 Å². The number of hydrogen-bond acceptors (Lipinski definition) is 6. The normalized spacial score (nSPS) is 13.6. The molecule has 0 aliphatic carbocycles. The van der Waals surface area contributed by atoms with E-state index in [0.717, 1.165) is 20.3 Å². The lowest BCUT2D eigenvalue weighted by Gasteiger charge is -2.30. The number of nitro groups is 1. The molecule has 1 aliphatic heterocycles. The molecule has 0 fully saturated rings. The lowest BCUT2D eigenvalue weighted by molar-refractivity contribution is -0.385. The standard InChI is InChI=1S/C34H32IN3O5/c35-33-27(23-43-24-42-22-26-12-5-2-6-13-26)14-9-16-31(33)36-34(39)29-18-19-37(20-25-10-3-1-4-11-25)21-30(29)28-15-7-8-17-32(28)38(40)41/h1-17H,18-24H2,(H,36,39). The van der Waals surface area contributed by atoms with Gasteiger partial charge in [-0.2, -0.15) is 0 Å². The highest BCUT2D eigenvalue weighted by molar-refractivity contribution is 14.1. The van der Waals surface area contributed by atoms with Crippen LogP contribution in [0, 0.1) is 13.7 Å². The number of carbonyl (C=O) groups excluding carboxylic acids is 1. The number of amides is 1. The summed E-state index contributed by atoms with van der Waals surface area (Å²) in [6.45, 7) is 2.72. The maximum absolute atomic E-state index is 13.8. The molecule has 0 saturated carbocycles. The molecule has 8 nitrogen and oxygen atoms in total. The molecule has 0 spiro atoms. The lowest BCUT2D eigenvalue weighted by atomic mass is 9.92. The summed E-state index contributed by atoms with van der Waals surface area (Å²) in [4.78, 5) is 27.6. The fourth-order valence-corrected chi connectivity index (χ4v) is 5.76. The highest BCUT2D eigenvalue weighted by Crippen LogP contribution is 2.34. The van der Waals surface area contributed by atoms with Gasteiger partial charge in [-0.3, -0.25) is 19.8 Å². The fourth-order valence-electron chi connectivity index (χ4n) is 5.11. The van der Waals surface area contributed by atoms with E-state index in [4.69, 9.17) is 9.47 Å². The first-order chi connectivity index (χ1) is 21.0. The van der Waals surface area contributed by atoms with Gasteiger partial charge in [0.25, 0.3) is 11.6 Å². The van der Waals surface area contributed by atoms with Gasteiger partial charge in [-0.05, 0) is 63.4 Å². The Kier molecular flexibility index (Phi) is 10.7. The first-order valence-electron chi connectivity index (χ1n) is 14.0. The van der Waals surface area contributed by atoms with Gasteiger partial charge in [0.1, 0.15) is 6.79 Å². The Morgan fingerprint density at radius 3 is 2.28 bits per heavy atom. The van der Waals surface area contributed by atoms with Crippen LogP contribution < -0.4 is 5.32 Å². The van der Waals surface area contributed by atoms with Crippen molar-refractivity contribution in [3.05, 3.63) is 145 Å². The van der Waals surface area contributed by atoms with Gasteiger partial charge >= 0.3 is 0 Å². The van der Waals surface area contributed by atoms with Crippen molar-refractivity contribution in [2.24, 2.45) is 0 Å². The maximum atomic E-state index is 13.8. The SMILES string of the molecule is O=C(Nc1cccc(COCOCc2ccccc2)c1I)C1=C(c2ccccc2[N+](=O)[O-])CN(Cc2ccccc2)CC1. The van der Waals surface area contributed by atoms with E-state index in [0.29, 0.717) is 61.7 Å². The molecule has 9 heteroatoms. The van der Waals surface area contributed by atoms with Crippen LogP contribution in [-0.2, 0) is 34.0 Å². The number of nitrogens with zero attached hydrogens (tertiary/aromatic N) is 2. The summed E-state index contributed by atoms with van der Waals surface area (Å²) in [6, 6.07) is 32.3. The zero-order valence-electron chi connectivity index (χ0n) is 23.6. The second kappa shape index (κ2) is 15.0. The van der Waals surface area contributed by atoms with Crippen LogP contribution in [0.25, 0.3) is 5.57 Å². The Balaban J connectivity index is 1.32. The van der Waals surface area contributed by atoms with Crippen LogP contribution in [0.3, 0.4) is 0 Å². The smallest absolute Gasteiger partial charge is 0.276 e. The first-order valence-corrected chi connectivity index (χ1v) is 15.1. The summed E-state index contributed by atoms with van der Waals surface area (Å²) >= 11 is 2.21. The number of nitrogens with one attached hydrogen (secondary N) is 1.